The summed E-state index contributed by atoms with van der Waals surface area (Å²) in [5.74, 6) is -0.246. The number of hydrogen-bond donors (Lipinski definition) is 1. The summed E-state index contributed by atoms with van der Waals surface area (Å²) in [6, 6.07) is -0.108. The van der Waals surface area contributed by atoms with Gasteiger partial charge >= 0.3 is 6.09 Å². The number of amides is 2. The first-order valence-corrected chi connectivity index (χ1v) is 6.09. The number of nitrogens with zero attached hydrogens (tertiary/aromatic N) is 3. The maximum Gasteiger partial charge on any atom is 0.407 e. The summed E-state index contributed by atoms with van der Waals surface area (Å²) < 4.78 is 4.51. The van der Waals surface area contributed by atoms with Gasteiger partial charge in [0.1, 0.15) is 10.8 Å². The van der Waals surface area contributed by atoms with E-state index in [4.69, 9.17) is 11.6 Å². The van der Waals surface area contributed by atoms with Crippen molar-refractivity contribution in [1.82, 2.24) is 20.2 Å². The molecule has 0 spiro atoms. The van der Waals surface area contributed by atoms with Gasteiger partial charge in [-0.3, -0.25) is 9.78 Å². The molecule has 19 heavy (non-hydrogen) atoms. The van der Waals surface area contributed by atoms with Crippen LogP contribution in [0.3, 0.4) is 0 Å². The number of rotatable bonds is 2. The van der Waals surface area contributed by atoms with Gasteiger partial charge in [0, 0.05) is 13.1 Å². The first-order valence-electron chi connectivity index (χ1n) is 5.71. The molecule has 0 aromatic carbocycles. The SMILES string of the molecule is COC(=O)NC1CCN(C(=O)c2cncc(Cl)n2)C1. The predicted molar refractivity (Wildman–Crippen MR) is 66.9 cm³/mol. The number of likely N-dealkylation sites (tertiary alicyclic amines) is 1. The third kappa shape index (κ3) is 3.31. The Morgan fingerprint density at radius 3 is 3.00 bits per heavy atom. The van der Waals surface area contributed by atoms with Gasteiger partial charge in [0.2, 0.25) is 0 Å². The zero-order valence-corrected chi connectivity index (χ0v) is 11.1. The average Bonchev–Trinajstić information content (AvgIpc) is 2.86. The van der Waals surface area contributed by atoms with E-state index in [2.05, 4.69) is 20.0 Å². The highest BCUT2D eigenvalue weighted by molar-refractivity contribution is 6.29. The van der Waals surface area contributed by atoms with Crippen LogP contribution in [0, 0.1) is 0 Å². The van der Waals surface area contributed by atoms with Crippen LogP contribution in [-0.2, 0) is 4.74 Å². The van der Waals surface area contributed by atoms with Crippen molar-refractivity contribution in [2.75, 3.05) is 20.2 Å². The quantitative estimate of drug-likeness (QED) is 0.864. The lowest BCUT2D eigenvalue weighted by molar-refractivity contribution is 0.0782. The lowest BCUT2D eigenvalue weighted by Gasteiger charge is -2.16. The molecule has 1 aromatic heterocycles. The van der Waals surface area contributed by atoms with E-state index in [0.717, 1.165) is 0 Å². The van der Waals surface area contributed by atoms with Crippen LogP contribution in [0.25, 0.3) is 0 Å². The first-order chi connectivity index (χ1) is 9.10. The fraction of sp³-hybridized carbons (Fsp3) is 0.455. The van der Waals surface area contributed by atoms with Gasteiger partial charge in [0.05, 0.1) is 25.5 Å². The van der Waals surface area contributed by atoms with Crippen molar-refractivity contribution >= 4 is 23.6 Å². The van der Waals surface area contributed by atoms with Crippen molar-refractivity contribution < 1.29 is 14.3 Å². The highest BCUT2D eigenvalue weighted by Crippen LogP contribution is 2.13. The van der Waals surface area contributed by atoms with E-state index in [1.54, 1.807) is 4.90 Å². The maximum atomic E-state index is 12.1. The Morgan fingerprint density at radius 2 is 2.32 bits per heavy atom. The molecule has 1 unspecified atom stereocenters. The fourth-order valence-corrected chi connectivity index (χ4v) is 2.04. The van der Waals surface area contributed by atoms with Gasteiger partial charge in [-0.05, 0) is 6.42 Å². The lowest BCUT2D eigenvalue weighted by Crippen LogP contribution is -2.38. The second-order valence-electron chi connectivity index (χ2n) is 4.10. The van der Waals surface area contributed by atoms with Crippen LogP contribution in [0.5, 0.6) is 0 Å². The van der Waals surface area contributed by atoms with Crippen molar-refractivity contribution in [3.05, 3.63) is 23.2 Å². The van der Waals surface area contributed by atoms with E-state index in [1.807, 2.05) is 0 Å². The minimum absolute atomic E-state index is 0.108. The monoisotopic (exact) mass is 284 g/mol. The van der Waals surface area contributed by atoms with Gasteiger partial charge in [0.25, 0.3) is 5.91 Å². The van der Waals surface area contributed by atoms with Crippen LogP contribution in [0.4, 0.5) is 4.79 Å². The first kappa shape index (κ1) is 13.5. The number of ether oxygens (including phenoxy) is 1. The summed E-state index contributed by atoms with van der Waals surface area (Å²) in [6.45, 7) is 0.962. The van der Waals surface area contributed by atoms with Gasteiger partial charge in [-0.1, -0.05) is 11.6 Å². The van der Waals surface area contributed by atoms with E-state index in [-0.39, 0.29) is 22.8 Å². The molecule has 1 aliphatic rings. The summed E-state index contributed by atoms with van der Waals surface area (Å²) in [7, 11) is 1.30. The Kier molecular flexibility index (Phi) is 4.16. The van der Waals surface area contributed by atoms with Crippen LogP contribution in [0.2, 0.25) is 5.15 Å². The predicted octanol–water partition coefficient (Wildman–Crippen LogP) is 0.700. The largest absolute Gasteiger partial charge is 0.453 e. The number of nitrogens with one attached hydrogen (secondary N) is 1. The minimum Gasteiger partial charge on any atom is -0.453 e. The molecule has 2 rings (SSSR count). The van der Waals surface area contributed by atoms with Gasteiger partial charge in [-0.15, -0.1) is 0 Å². The molecule has 0 saturated carbocycles. The highest BCUT2D eigenvalue weighted by atomic mass is 35.5. The normalized spacial score (nSPS) is 18.2. The summed E-state index contributed by atoms with van der Waals surface area (Å²) in [5.41, 5.74) is 0.200. The molecule has 7 nitrogen and oxygen atoms in total. The molecule has 1 aromatic rings. The number of aromatic nitrogens is 2. The van der Waals surface area contributed by atoms with Gasteiger partial charge in [-0.25, -0.2) is 9.78 Å². The molecule has 0 aliphatic carbocycles. The van der Waals surface area contributed by atoms with E-state index < -0.39 is 6.09 Å². The molecule has 1 fully saturated rings. The Balaban J connectivity index is 1.97. The molecule has 0 radical (unpaired) electrons. The van der Waals surface area contributed by atoms with E-state index in [9.17, 15) is 9.59 Å². The Bertz CT molecular complexity index is 497. The molecule has 0 bridgehead atoms. The van der Waals surface area contributed by atoms with Crippen LogP contribution in [0.1, 0.15) is 16.9 Å². The molecule has 2 heterocycles. The molecular formula is C11H13ClN4O3. The minimum atomic E-state index is -0.498. The second kappa shape index (κ2) is 5.83. The van der Waals surface area contributed by atoms with Gasteiger partial charge in [-0.2, -0.15) is 0 Å². The smallest absolute Gasteiger partial charge is 0.407 e. The van der Waals surface area contributed by atoms with Crippen molar-refractivity contribution in [3.63, 3.8) is 0 Å². The zero-order chi connectivity index (χ0) is 13.8. The number of methoxy groups -OCH3 is 1. The number of halogens is 1. The third-order valence-corrected chi connectivity index (χ3v) is 2.99. The van der Waals surface area contributed by atoms with Crippen LogP contribution < -0.4 is 5.32 Å². The van der Waals surface area contributed by atoms with Crippen molar-refractivity contribution in [1.29, 1.82) is 0 Å². The number of carbonyl (C=O) groups excluding carboxylic acids is 2. The lowest BCUT2D eigenvalue weighted by atomic mass is 10.3. The summed E-state index contributed by atoms with van der Waals surface area (Å²) in [4.78, 5) is 32.5. The van der Waals surface area contributed by atoms with E-state index in [1.165, 1.54) is 19.5 Å². The molecule has 8 heteroatoms. The highest BCUT2D eigenvalue weighted by Gasteiger charge is 2.28. The second-order valence-corrected chi connectivity index (χ2v) is 4.49. The standard InChI is InChI=1S/C11H13ClN4O3/c1-19-11(18)14-7-2-3-16(6-7)10(17)8-4-13-5-9(12)15-8/h4-5,7H,2-3,6H2,1H3,(H,14,18). The van der Waals surface area contributed by atoms with Crippen molar-refractivity contribution in [3.8, 4) is 0 Å². The van der Waals surface area contributed by atoms with E-state index >= 15 is 0 Å². The fourth-order valence-electron chi connectivity index (χ4n) is 1.90. The summed E-state index contributed by atoms with van der Waals surface area (Å²) in [5, 5.41) is 2.83. The number of carbonyl (C=O) groups is 2. The van der Waals surface area contributed by atoms with Crippen molar-refractivity contribution in [2.45, 2.75) is 12.5 Å². The molecule has 2 amide bonds. The van der Waals surface area contributed by atoms with Crippen LogP contribution in [-0.4, -0.2) is 53.1 Å². The molecule has 1 saturated heterocycles. The summed E-state index contributed by atoms with van der Waals surface area (Å²) in [6.07, 6.45) is 2.91. The van der Waals surface area contributed by atoms with E-state index in [0.29, 0.717) is 19.5 Å². The van der Waals surface area contributed by atoms with Crippen molar-refractivity contribution in [2.24, 2.45) is 0 Å². The Morgan fingerprint density at radius 1 is 1.53 bits per heavy atom. The third-order valence-electron chi connectivity index (χ3n) is 2.81. The topological polar surface area (TPSA) is 84.4 Å². The zero-order valence-electron chi connectivity index (χ0n) is 10.3. The van der Waals surface area contributed by atoms with Crippen LogP contribution in [0.15, 0.2) is 12.4 Å². The molecule has 1 aliphatic heterocycles. The molecular weight excluding hydrogens is 272 g/mol. The molecule has 1 N–H and O–H groups in total. The maximum absolute atomic E-state index is 12.1. The van der Waals surface area contributed by atoms with Gasteiger partial charge in [0.15, 0.2) is 0 Å². The molecule has 102 valence electrons. The summed E-state index contributed by atoms with van der Waals surface area (Å²) >= 11 is 5.69. The average molecular weight is 285 g/mol. The molecule has 1 atom stereocenters. The van der Waals surface area contributed by atoms with Gasteiger partial charge < -0.3 is 15.0 Å². The Labute approximate surface area is 114 Å². The van der Waals surface area contributed by atoms with Crippen LogP contribution >= 0.6 is 11.6 Å². The number of alkyl carbamates (subject to hydrolysis) is 1. The number of hydrogen-bond acceptors (Lipinski definition) is 5. The Hall–Kier alpha value is -1.89.